The predicted molar refractivity (Wildman–Crippen MR) is 77.6 cm³/mol. The number of ether oxygens (including phenoxy) is 1. The van der Waals surface area contributed by atoms with Gasteiger partial charge in [0.15, 0.2) is 0 Å². The highest BCUT2D eigenvalue weighted by molar-refractivity contribution is 9.10. The second-order valence-corrected chi connectivity index (χ2v) is 5.67. The lowest BCUT2D eigenvalue weighted by Crippen LogP contribution is -2.03. The van der Waals surface area contributed by atoms with E-state index in [-0.39, 0.29) is 11.7 Å². The van der Waals surface area contributed by atoms with Crippen LogP contribution >= 0.6 is 27.3 Å². The summed E-state index contributed by atoms with van der Waals surface area (Å²) < 4.78 is 5.58. The van der Waals surface area contributed by atoms with E-state index in [2.05, 4.69) is 20.9 Å². The number of carbonyl (C=O) groups excluding carboxylic acids is 1. The maximum atomic E-state index is 11.7. The Bertz CT molecular complexity index is 624. The van der Waals surface area contributed by atoms with Crippen LogP contribution in [0, 0.1) is 6.92 Å². The summed E-state index contributed by atoms with van der Waals surface area (Å²) in [7, 11) is 0. The minimum atomic E-state index is -0.346. The van der Waals surface area contributed by atoms with Gasteiger partial charge >= 0.3 is 5.97 Å². The van der Waals surface area contributed by atoms with Crippen molar-refractivity contribution >= 4 is 33.2 Å². The third-order valence-electron chi connectivity index (χ3n) is 2.45. The monoisotopic (exact) mass is 341 g/mol. The number of thiazole rings is 1. The first-order chi connectivity index (χ1) is 9.02. The maximum Gasteiger partial charge on any atom is 0.350 e. The van der Waals surface area contributed by atoms with E-state index < -0.39 is 0 Å². The van der Waals surface area contributed by atoms with E-state index in [1.54, 1.807) is 32.0 Å². The van der Waals surface area contributed by atoms with Crippen molar-refractivity contribution in [3.8, 4) is 16.3 Å². The molecule has 0 fully saturated rings. The summed E-state index contributed by atoms with van der Waals surface area (Å²) in [6.45, 7) is 3.89. The Morgan fingerprint density at radius 1 is 1.53 bits per heavy atom. The Kier molecular flexibility index (Phi) is 4.21. The van der Waals surface area contributed by atoms with Gasteiger partial charge in [0.1, 0.15) is 15.6 Å². The average Bonchev–Trinajstić information content (AvgIpc) is 2.75. The maximum absolute atomic E-state index is 11.7. The van der Waals surface area contributed by atoms with E-state index >= 15 is 0 Å². The molecular weight excluding hydrogens is 330 g/mol. The van der Waals surface area contributed by atoms with Crippen LogP contribution in [-0.2, 0) is 4.74 Å². The van der Waals surface area contributed by atoms with Crippen LogP contribution in [0.4, 0.5) is 0 Å². The highest BCUT2D eigenvalue weighted by Crippen LogP contribution is 2.33. The molecular formula is C13H12BrNO3S. The molecule has 0 spiro atoms. The van der Waals surface area contributed by atoms with Gasteiger partial charge in [-0.2, -0.15) is 0 Å². The molecule has 0 aliphatic rings. The molecule has 0 saturated carbocycles. The van der Waals surface area contributed by atoms with Crippen molar-refractivity contribution in [2.24, 2.45) is 0 Å². The second kappa shape index (κ2) is 5.71. The summed E-state index contributed by atoms with van der Waals surface area (Å²) in [6.07, 6.45) is 0. The van der Waals surface area contributed by atoms with Crippen molar-refractivity contribution in [2.45, 2.75) is 13.8 Å². The quantitative estimate of drug-likeness (QED) is 0.863. The first-order valence-corrected chi connectivity index (χ1v) is 7.27. The number of aromatic nitrogens is 1. The van der Waals surface area contributed by atoms with Gasteiger partial charge in [-0.3, -0.25) is 0 Å². The van der Waals surface area contributed by atoms with E-state index in [0.29, 0.717) is 21.7 Å². The molecule has 6 heteroatoms. The summed E-state index contributed by atoms with van der Waals surface area (Å²) in [5, 5.41) is 10.2. The molecule has 1 aromatic heterocycles. The Morgan fingerprint density at radius 2 is 2.26 bits per heavy atom. The molecule has 0 atom stereocenters. The van der Waals surface area contributed by atoms with Gasteiger partial charge in [0.05, 0.1) is 16.8 Å². The van der Waals surface area contributed by atoms with Gasteiger partial charge in [-0.25, -0.2) is 9.78 Å². The van der Waals surface area contributed by atoms with E-state index in [1.807, 2.05) is 0 Å². The van der Waals surface area contributed by atoms with Crippen molar-refractivity contribution in [3.05, 3.63) is 33.2 Å². The number of nitrogens with zero attached hydrogens (tertiary/aromatic N) is 1. The number of esters is 1. The van der Waals surface area contributed by atoms with Crippen molar-refractivity contribution in [3.63, 3.8) is 0 Å². The van der Waals surface area contributed by atoms with Crippen LogP contribution in [-0.4, -0.2) is 22.7 Å². The number of hydrogen-bond acceptors (Lipinski definition) is 5. The lowest BCUT2D eigenvalue weighted by atomic mass is 10.2. The lowest BCUT2D eigenvalue weighted by Gasteiger charge is -1.99. The SMILES string of the molecule is CCOC(=O)c1sc(-c2ccc(O)c(Br)c2)nc1C. The number of halogens is 1. The lowest BCUT2D eigenvalue weighted by molar-refractivity contribution is 0.0531. The zero-order valence-corrected chi connectivity index (χ0v) is 12.8. The van der Waals surface area contributed by atoms with Crippen molar-refractivity contribution < 1.29 is 14.6 Å². The molecule has 1 heterocycles. The van der Waals surface area contributed by atoms with Gasteiger partial charge in [0.2, 0.25) is 0 Å². The molecule has 100 valence electrons. The fourth-order valence-corrected chi connectivity index (χ4v) is 2.88. The number of phenolic OH excluding ortho intramolecular Hbond substituents is 1. The first-order valence-electron chi connectivity index (χ1n) is 5.66. The summed E-state index contributed by atoms with van der Waals surface area (Å²) >= 11 is 4.54. The first kappa shape index (κ1) is 14.0. The zero-order valence-electron chi connectivity index (χ0n) is 10.4. The third-order valence-corrected chi connectivity index (χ3v) is 4.27. The highest BCUT2D eigenvalue weighted by atomic mass is 79.9. The number of benzene rings is 1. The molecule has 2 rings (SSSR count). The van der Waals surface area contributed by atoms with Gasteiger partial charge in [0.25, 0.3) is 0 Å². The van der Waals surface area contributed by atoms with Gasteiger partial charge in [-0.05, 0) is 48.0 Å². The Balaban J connectivity index is 2.38. The molecule has 0 radical (unpaired) electrons. The molecule has 0 aliphatic heterocycles. The van der Waals surface area contributed by atoms with Crippen LogP contribution in [0.1, 0.15) is 22.3 Å². The Labute approximate surface area is 123 Å². The summed E-state index contributed by atoms with van der Waals surface area (Å²) in [6, 6.07) is 5.11. The fourth-order valence-electron chi connectivity index (χ4n) is 1.55. The molecule has 2 aromatic rings. The standard InChI is InChI=1S/C13H12BrNO3S/c1-3-18-13(17)11-7(2)15-12(19-11)8-4-5-10(16)9(14)6-8/h4-6,16H,3H2,1-2H3. The normalized spacial score (nSPS) is 10.5. The Morgan fingerprint density at radius 3 is 2.89 bits per heavy atom. The van der Waals surface area contributed by atoms with Crippen molar-refractivity contribution in [1.29, 1.82) is 0 Å². The van der Waals surface area contributed by atoms with Crippen molar-refractivity contribution in [2.75, 3.05) is 6.61 Å². The van der Waals surface area contributed by atoms with E-state index in [9.17, 15) is 9.90 Å². The van der Waals surface area contributed by atoms with Gasteiger partial charge in [-0.15, -0.1) is 11.3 Å². The molecule has 0 unspecified atom stereocenters. The fraction of sp³-hybridized carbons (Fsp3) is 0.231. The number of rotatable bonds is 3. The molecule has 0 saturated heterocycles. The van der Waals surface area contributed by atoms with Gasteiger partial charge in [-0.1, -0.05) is 0 Å². The van der Waals surface area contributed by atoms with E-state index in [1.165, 1.54) is 11.3 Å². The summed E-state index contributed by atoms with van der Waals surface area (Å²) in [5.41, 5.74) is 1.50. The molecule has 0 bridgehead atoms. The second-order valence-electron chi connectivity index (χ2n) is 3.82. The molecule has 0 amide bonds. The molecule has 0 aliphatic carbocycles. The minimum Gasteiger partial charge on any atom is -0.507 e. The minimum absolute atomic E-state index is 0.169. The average molecular weight is 342 g/mol. The van der Waals surface area contributed by atoms with E-state index in [0.717, 1.165) is 10.6 Å². The molecule has 1 aromatic carbocycles. The molecule has 4 nitrogen and oxygen atoms in total. The van der Waals surface area contributed by atoms with Crippen LogP contribution in [0.2, 0.25) is 0 Å². The molecule has 19 heavy (non-hydrogen) atoms. The molecule has 1 N–H and O–H groups in total. The smallest absolute Gasteiger partial charge is 0.350 e. The number of carbonyl (C=O) groups is 1. The number of phenols is 1. The highest BCUT2D eigenvalue weighted by Gasteiger charge is 2.17. The summed E-state index contributed by atoms with van der Waals surface area (Å²) in [5.74, 6) is -0.177. The van der Waals surface area contributed by atoms with Crippen LogP contribution in [0.15, 0.2) is 22.7 Å². The zero-order chi connectivity index (χ0) is 14.0. The number of aromatic hydroxyl groups is 1. The van der Waals surface area contributed by atoms with Crippen LogP contribution in [0.3, 0.4) is 0 Å². The number of aryl methyl sites for hydroxylation is 1. The topological polar surface area (TPSA) is 59.4 Å². The van der Waals surface area contributed by atoms with E-state index in [4.69, 9.17) is 4.74 Å². The number of hydrogen-bond donors (Lipinski definition) is 1. The Hall–Kier alpha value is -1.40. The van der Waals surface area contributed by atoms with Crippen molar-refractivity contribution in [1.82, 2.24) is 4.98 Å². The van der Waals surface area contributed by atoms with Crippen LogP contribution in [0.25, 0.3) is 10.6 Å². The summed E-state index contributed by atoms with van der Waals surface area (Å²) in [4.78, 5) is 16.6. The van der Waals surface area contributed by atoms with Crippen LogP contribution < -0.4 is 0 Å². The third kappa shape index (κ3) is 2.96. The largest absolute Gasteiger partial charge is 0.507 e. The predicted octanol–water partition coefficient (Wildman–Crippen LogP) is 3.76. The van der Waals surface area contributed by atoms with Crippen LogP contribution in [0.5, 0.6) is 5.75 Å². The van der Waals surface area contributed by atoms with Gasteiger partial charge < -0.3 is 9.84 Å². The van der Waals surface area contributed by atoms with Gasteiger partial charge in [0, 0.05) is 5.56 Å².